The normalized spacial score (nSPS) is 16.7. The number of methoxy groups -OCH3 is 1. The van der Waals surface area contributed by atoms with E-state index >= 15 is 4.39 Å². The fourth-order valence-electron chi connectivity index (χ4n) is 3.46. The molecular weight excluding hydrogens is 463 g/mol. The Morgan fingerprint density at radius 1 is 1.41 bits per heavy atom. The number of nitrogens with one attached hydrogen (secondary N) is 1. The Bertz CT molecular complexity index is 1320. The number of allylic oxidation sites excluding steroid dienone is 1. The Morgan fingerprint density at radius 2 is 2.16 bits per heavy atom. The molecule has 0 fully saturated rings. The summed E-state index contributed by atoms with van der Waals surface area (Å²) in [7, 11) is -3.08. The van der Waals surface area contributed by atoms with Crippen molar-refractivity contribution < 1.29 is 26.8 Å². The van der Waals surface area contributed by atoms with E-state index in [1.807, 2.05) is 0 Å². The topological polar surface area (TPSA) is 133 Å². The van der Waals surface area contributed by atoms with Gasteiger partial charge in [0.25, 0.3) is 10.0 Å². The van der Waals surface area contributed by atoms with Crippen molar-refractivity contribution in [3.63, 3.8) is 0 Å². The third-order valence-corrected chi connectivity index (χ3v) is 7.07. The van der Waals surface area contributed by atoms with Gasteiger partial charge in [0.15, 0.2) is 5.76 Å². The standard InChI is InChI=1S/C19H17FN4O6S2/c1-29-17(25)8-13(11-5-3-2-4-6-11)24-14-7-12(20)16(9-15(14)30-19(24)26)32(27,28)23-18-21-10-22-31-18/h2-6,9-10,12-13H,7-8H2,1H3,(H,21,22,23). The highest BCUT2D eigenvalue weighted by Crippen LogP contribution is 2.33. The predicted octanol–water partition coefficient (Wildman–Crippen LogP) is 2.12. The van der Waals surface area contributed by atoms with Gasteiger partial charge in [0, 0.05) is 24.0 Å². The molecular formula is C19H17FN4O6S2. The summed E-state index contributed by atoms with van der Waals surface area (Å²) in [5, 5.41) is -0.0230. The quantitative estimate of drug-likeness (QED) is 0.509. The lowest BCUT2D eigenvalue weighted by molar-refractivity contribution is -0.141. The summed E-state index contributed by atoms with van der Waals surface area (Å²) in [6.07, 6.45) is -0.450. The summed E-state index contributed by atoms with van der Waals surface area (Å²) in [4.78, 5) is 27.9. The van der Waals surface area contributed by atoms with Crippen LogP contribution in [0.2, 0.25) is 0 Å². The van der Waals surface area contributed by atoms with Crippen LogP contribution in [0.3, 0.4) is 0 Å². The minimum Gasteiger partial charge on any atom is -0.469 e. The number of carbonyl (C=O) groups excluding carboxylic acids is 1. The van der Waals surface area contributed by atoms with Gasteiger partial charge in [-0.25, -0.2) is 22.6 Å². The second-order valence-electron chi connectivity index (χ2n) is 6.83. The van der Waals surface area contributed by atoms with Crippen LogP contribution in [-0.4, -0.2) is 41.6 Å². The predicted molar refractivity (Wildman–Crippen MR) is 113 cm³/mol. The molecule has 0 saturated carbocycles. The maximum atomic E-state index is 15.1. The van der Waals surface area contributed by atoms with Gasteiger partial charge in [0.2, 0.25) is 5.13 Å². The molecule has 0 spiro atoms. The number of oxazole rings is 1. The van der Waals surface area contributed by atoms with E-state index < -0.39 is 45.3 Å². The molecule has 0 amide bonds. The number of halogens is 1. The van der Waals surface area contributed by atoms with Crippen molar-refractivity contribution in [1.82, 2.24) is 13.9 Å². The highest BCUT2D eigenvalue weighted by atomic mass is 32.2. The van der Waals surface area contributed by atoms with Gasteiger partial charge in [-0.15, -0.1) is 0 Å². The molecule has 1 aliphatic carbocycles. The Hall–Kier alpha value is -3.32. The first-order valence-corrected chi connectivity index (χ1v) is 11.6. The van der Waals surface area contributed by atoms with Crippen LogP contribution < -0.4 is 10.5 Å². The smallest absolute Gasteiger partial charge is 0.420 e. The molecule has 0 bridgehead atoms. The Balaban J connectivity index is 1.77. The van der Waals surface area contributed by atoms with Crippen molar-refractivity contribution >= 4 is 38.7 Å². The van der Waals surface area contributed by atoms with E-state index in [0.29, 0.717) is 5.56 Å². The van der Waals surface area contributed by atoms with Crippen molar-refractivity contribution in [2.75, 3.05) is 11.8 Å². The summed E-state index contributed by atoms with van der Waals surface area (Å²) >= 11 is 0.794. The van der Waals surface area contributed by atoms with Crippen LogP contribution in [-0.2, 0) is 26.0 Å². The number of fused-ring (bicyclic) bond motifs is 1. The SMILES string of the molecule is COC(=O)CC(c1ccccc1)n1c2c(oc1=O)C=C(S(=O)(=O)Nc1ncns1)C(F)C2. The molecule has 2 unspecified atom stereocenters. The number of alkyl halides is 1. The Labute approximate surface area is 185 Å². The first kappa shape index (κ1) is 21.9. The van der Waals surface area contributed by atoms with Gasteiger partial charge in [-0.05, 0) is 5.56 Å². The summed E-state index contributed by atoms with van der Waals surface area (Å²) in [6, 6.07) is 7.86. The number of hydrogen-bond acceptors (Lipinski definition) is 9. The van der Waals surface area contributed by atoms with Crippen LogP contribution in [0, 0.1) is 0 Å². The number of aromatic nitrogens is 3. The number of nitrogens with zero attached hydrogens (tertiary/aromatic N) is 3. The van der Waals surface area contributed by atoms with E-state index in [1.54, 1.807) is 30.3 Å². The number of anilines is 1. The minimum atomic E-state index is -4.30. The highest BCUT2D eigenvalue weighted by Gasteiger charge is 2.36. The first-order chi connectivity index (χ1) is 15.3. The molecule has 10 nitrogen and oxygen atoms in total. The lowest BCUT2D eigenvalue weighted by Gasteiger charge is -2.22. The van der Waals surface area contributed by atoms with Crippen LogP contribution in [0.1, 0.15) is 29.5 Å². The molecule has 1 aromatic carbocycles. The van der Waals surface area contributed by atoms with E-state index in [1.165, 1.54) is 11.7 Å². The molecule has 4 rings (SSSR count). The van der Waals surface area contributed by atoms with E-state index in [4.69, 9.17) is 9.15 Å². The number of esters is 1. The number of rotatable bonds is 7. The van der Waals surface area contributed by atoms with Crippen molar-refractivity contribution in [2.45, 2.75) is 25.1 Å². The first-order valence-electron chi connectivity index (χ1n) is 9.31. The molecule has 2 atom stereocenters. The lowest BCUT2D eigenvalue weighted by Crippen LogP contribution is -2.30. The second-order valence-corrected chi connectivity index (χ2v) is 9.29. The van der Waals surface area contributed by atoms with Crippen molar-refractivity contribution in [3.8, 4) is 0 Å². The van der Waals surface area contributed by atoms with Crippen LogP contribution in [0.15, 0.2) is 50.8 Å². The van der Waals surface area contributed by atoms with E-state index in [2.05, 4.69) is 14.1 Å². The van der Waals surface area contributed by atoms with Crippen LogP contribution in [0.5, 0.6) is 0 Å². The third-order valence-electron chi connectivity index (χ3n) is 4.90. The van der Waals surface area contributed by atoms with Gasteiger partial charge in [0.1, 0.15) is 17.4 Å². The summed E-state index contributed by atoms with van der Waals surface area (Å²) in [5.41, 5.74) is 0.759. The van der Waals surface area contributed by atoms with Crippen molar-refractivity contribution in [2.24, 2.45) is 0 Å². The molecule has 2 aromatic heterocycles. The van der Waals surface area contributed by atoms with Crippen LogP contribution >= 0.6 is 11.5 Å². The largest absolute Gasteiger partial charge is 0.469 e. The van der Waals surface area contributed by atoms with E-state index in [-0.39, 0.29) is 23.0 Å². The van der Waals surface area contributed by atoms with Crippen molar-refractivity contribution in [1.29, 1.82) is 0 Å². The number of ether oxygens (including phenoxy) is 1. The number of carbonyl (C=O) groups is 1. The maximum Gasteiger partial charge on any atom is 0.420 e. The zero-order valence-electron chi connectivity index (χ0n) is 16.6. The van der Waals surface area contributed by atoms with Gasteiger partial charge < -0.3 is 9.15 Å². The lowest BCUT2D eigenvalue weighted by atomic mass is 10.0. The fraction of sp³-hybridized carbons (Fsp3) is 0.263. The molecule has 1 N–H and O–H groups in total. The monoisotopic (exact) mass is 480 g/mol. The highest BCUT2D eigenvalue weighted by molar-refractivity contribution is 7.96. The molecule has 0 aliphatic heterocycles. The van der Waals surface area contributed by atoms with Gasteiger partial charge in [-0.3, -0.25) is 14.1 Å². The van der Waals surface area contributed by atoms with Crippen molar-refractivity contribution in [3.05, 3.63) is 69.1 Å². The number of sulfonamides is 1. The molecule has 13 heteroatoms. The second kappa shape index (κ2) is 8.67. The van der Waals surface area contributed by atoms with E-state index in [0.717, 1.165) is 23.9 Å². The Kier molecular flexibility index (Phi) is 5.93. The average molecular weight is 480 g/mol. The van der Waals surface area contributed by atoms with Gasteiger partial charge in [0.05, 0.1) is 25.3 Å². The molecule has 32 heavy (non-hydrogen) atoms. The number of benzene rings is 1. The maximum absolute atomic E-state index is 15.1. The van der Waals surface area contributed by atoms with Gasteiger partial charge in [-0.1, -0.05) is 30.3 Å². The molecule has 0 radical (unpaired) electrons. The minimum absolute atomic E-state index is 0.0230. The molecule has 1 aliphatic rings. The van der Waals surface area contributed by atoms with Crippen LogP contribution in [0.25, 0.3) is 6.08 Å². The Morgan fingerprint density at radius 3 is 2.81 bits per heavy atom. The summed E-state index contributed by atoms with van der Waals surface area (Å²) < 4.78 is 57.4. The zero-order valence-corrected chi connectivity index (χ0v) is 18.2. The molecule has 168 valence electrons. The zero-order chi connectivity index (χ0) is 22.9. The van der Waals surface area contributed by atoms with E-state index in [9.17, 15) is 18.0 Å². The molecule has 0 saturated heterocycles. The summed E-state index contributed by atoms with van der Waals surface area (Å²) in [5.74, 6) is -1.51. The van der Waals surface area contributed by atoms with Gasteiger partial charge >= 0.3 is 11.7 Å². The number of hydrogen-bond donors (Lipinski definition) is 1. The van der Waals surface area contributed by atoms with Crippen LogP contribution in [0.4, 0.5) is 9.52 Å². The molecule has 3 aromatic rings. The average Bonchev–Trinajstić information content (AvgIpc) is 3.38. The third kappa shape index (κ3) is 4.21. The molecule has 2 heterocycles. The summed E-state index contributed by atoms with van der Waals surface area (Å²) in [6.45, 7) is 0. The van der Waals surface area contributed by atoms with Gasteiger partial charge in [-0.2, -0.15) is 4.37 Å². The fourth-order valence-corrected chi connectivity index (χ4v) is 5.31.